The second-order valence-electron chi connectivity index (χ2n) is 6.13. The molecule has 25 heavy (non-hydrogen) atoms. The molecule has 0 saturated carbocycles. The van der Waals surface area contributed by atoms with Gasteiger partial charge in [-0.3, -0.25) is 4.98 Å². The Kier molecular flexibility index (Phi) is 5.06. The normalized spacial score (nSPS) is 15.1. The first-order valence-corrected chi connectivity index (χ1v) is 8.25. The summed E-state index contributed by atoms with van der Waals surface area (Å²) in [6.07, 6.45) is 4.10. The van der Waals surface area contributed by atoms with E-state index in [0.717, 1.165) is 49.5 Å². The number of amides is 2. The van der Waals surface area contributed by atoms with Crippen LogP contribution in [0.5, 0.6) is 0 Å². The number of anilines is 2. The number of carbonyl (C=O) groups excluding carboxylic acids is 1. The summed E-state index contributed by atoms with van der Waals surface area (Å²) in [5.41, 5.74) is 1.07. The Morgan fingerprint density at radius 2 is 2.04 bits per heavy atom. The predicted octanol–water partition coefficient (Wildman–Crippen LogP) is 2.42. The second-order valence-corrected chi connectivity index (χ2v) is 6.13. The van der Waals surface area contributed by atoms with Crippen LogP contribution in [0, 0.1) is 19.7 Å². The third kappa shape index (κ3) is 4.40. The molecule has 0 bridgehead atoms. The number of nitrogens with zero attached hydrogens (tertiary/aromatic N) is 4. The van der Waals surface area contributed by atoms with E-state index in [1.165, 1.54) is 12.3 Å². The number of hydrogen-bond donors (Lipinski definition) is 2. The minimum Gasteiger partial charge on any atom is -0.356 e. The van der Waals surface area contributed by atoms with Crippen molar-refractivity contribution in [3.63, 3.8) is 0 Å². The standard InChI is InChI=1S/C17H21FN6O/c1-11-9-16(21-12(2)20-11)24-7-4-13(5-8-24)22-17(25)23-15-3-6-19-10-14(15)18/h3,6,9-10,13H,4-5,7-8H2,1-2H3,(H2,19,22,23,25). The van der Waals surface area contributed by atoms with Gasteiger partial charge in [0.15, 0.2) is 5.82 Å². The van der Waals surface area contributed by atoms with Crippen LogP contribution in [0.4, 0.5) is 20.7 Å². The summed E-state index contributed by atoms with van der Waals surface area (Å²) in [6.45, 7) is 5.43. The molecule has 3 rings (SSSR count). The van der Waals surface area contributed by atoms with Crippen LogP contribution in [0.25, 0.3) is 0 Å². The molecular weight excluding hydrogens is 323 g/mol. The summed E-state index contributed by atoms with van der Waals surface area (Å²) in [7, 11) is 0. The molecule has 0 spiro atoms. The Labute approximate surface area is 145 Å². The highest BCUT2D eigenvalue weighted by Gasteiger charge is 2.22. The molecule has 1 aliphatic rings. The van der Waals surface area contributed by atoms with E-state index in [4.69, 9.17) is 0 Å². The van der Waals surface area contributed by atoms with E-state index in [9.17, 15) is 9.18 Å². The van der Waals surface area contributed by atoms with Crippen molar-refractivity contribution in [3.05, 3.63) is 41.9 Å². The number of piperidine rings is 1. The van der Waals surface area contributed by atoms with Gasteiger partial charge >= 0.3 is 6.03 Å². The van der Waals surface area contributed by atoms with E-state index in [2.05, 4.69) is 30.5 Å². The van der Waals surface area contributed by atoms with Gasteiger partial charge in [0.05, 0.1) is 11.9 Å². The van der Waals surface area contributed by atoms with Crippen molar-refractivity contribution in [1.82, 2.24) is 20.3 Å². The molecule has 2 aromatic heterocycles. The summed E-state index contributed by atoms with van der Waals surface area (Å²) < 4.78 is 13.5. The lowest BCUT2D eigenvalue weighted by Crippen LogP contribution is -2.46. The fraction of sp³-hybridized carbons (Fsp3) is 0.412. The fourth-order valence-electron chi connectivity index (χ4n) is 2.93. The Balaban J connectivity index is 1.52. The number of carbonyl (C=O) groups is 1. The molecule has 7 nitrogen and oxygen atoms in total. The first-order chi connectivity index (χ1) is 12.0. The monoisotopic (exact) mass is 344 g/mol. The summed E-state index contributed by atoms with van der Waals surface area (Å²) in [6, 6.07) is 3.04. The molecule has 2 aromatic rings. The van der Waals surface area contributed by atoms with Gasteiger partial charge in [0.25, 0.3) is 0 Å². The summed E-state index contributed by atoms with van der Waals surface area (Å²) in [4.78, 5) is 26.6. The number of urea groups is 1. The maximum absolute atomic E-state index is 13.5. The molecule has 2 N–H and O–H groups in total. The minimum atomic E-state index is -0.554. The molecule has 0 aliphatic carbocycles. The molecule has 1 aliphatic heterocycles. The molecule has 2 amide bonds. The van der Waals surface area contributed by atoms with Gasteiger partial charge < -0.3 is 15.5 Å². The Bertz CT molecular complexity index is 740. The third-order valence-corrected chi connectivity index (χ3v) is 4.13. The molecule has 1 saturated heterocycles. The van der Waals surface area contributed by atoms with Crippen molar-refractivity contribution in [2.45, 2.75) is 32.7 Å². The molecule has 8 heteroatoms. The number of aromatic nitrogens is 3. The number of rotatable bonds is 3. The van der Waals surface area contributed by atoms with Gasteiger partial charge in [-0.1, -0.05) is 0 Å². The average molecular weight is 344 g/mol. The van der Waals surface area contributed by atoms with Gasteiger partial charge in [-0.15, -0.1) is 0 Å². The predicted molar refractivity (Wildman–Crippen MR) is 93.1 cm³/mol. The van der Waals surface area contributed by atoms with Crippen molar-refractivity contribution in [1.29, 1.82) is 0 Å². The molecule has 3 heterocycles. The molecule has 0 aromatic carbocycles. The first-order valence-electron chi connectivity index (χ1n) is 8.25. The van der Waals surface area contributed by atoms with Crippen LogP contribution in [-0.2, 0) is 0 Å². The van der Waals surface area contributed by atoms with Crippen LogP contribution in [-0.4, -0.2) is 40.1 Å². The quantitative estimate of drug-likeness (QED) is 0.893. The van der Waals surface area contributed by atoms with Crippen molar-refractivity contribution < 1.29 is 9.18 Å². The minimum absolute atomic E-state index is 0.0465. The Morgan fingerprint density at radius 3 is 2.72 bits per heavy atom. The first kappa shape index (κ1) is 17.1. The van der Waals surface area contributed by atoms with Crippen LogP contribution in [0.3, 0.4) is 0 Å². The van der Waals surface area contributed by atoms with E-state index >= 15 is 0 Å². The van der Waals surface area contributed by atoms with E-state index in [1.807, 2.05) is 19.9 Å². The maximum Gasteiger partial charge on any atom is 0.319 e. The topological polar surface area (TPSA) is 83.0 Å². The Hall–Kier alpha value is -2.77. The smallest absolute Gasteiger partial charge is 0.319 e. The second kappa shape index (κ2) is 7.42. The van der Waals surface area contributed by atoms with Crippen LogP contribution in [0.1, 0.15) is 24.4 Å². The summed E-state index contributed by atoms with van der Waals surface area (Å²) in [5, 5.41) is 5.41. The maximum atomic E-state index is 13.5. The third-order valence-electron chi connectivity index (χ3n) is 4.13. The van der Waals surface area contributed by atoms with Gasteiger partial charge in [0.1, 0.15) is 11.6 Å². The van der Waals surface area contributed by atoms with Gasteiger partial charge in [-0.05, 0) is 32.8 Å². The van der Waals surface area contributed by atoms with Crippen molar-refractivity contribution in [2.24, 2.45) is 0 Å². The van der Waals surface area contributed by atoms with Crippen molar-refractivity contribution in [2.75, 3.05) is 23.3 Å². The molecule has 0 atom stereocenters. The van der Waals surface area contributed by atoms with Crippen LogP contribution in [0.2, 0.25) is 0 Å². The number of pyridine rings is 1. The molecule has 132 valence electrons. The fourth-order valence-corrected chi connectivity index (χ4v) is 2.93. The zero-order chi connectivity index (χ0) is 17.8. The van der Waals surface area contributed by atoms with E-state index in [-0.39, 0.29) is 11.7 Å². The molecular formula is C17H21FN6O. The highest BCUT2D eigenvalue weighted by molar-refractivity contribution is 5.89. The average Bonchev–Trinajstić information content (AvgIpc) is 2.57. The molecule has 0 radical (unpaired) electrons. The number of hydrogen-bond acceptors (Lipinski definition) is 5. The summed E-state index contributed by atoms with van der Waals surface area (Å²) >= 11 is 0. The lowest BCUT2D eigenvalue weighted by Gasteiger charge is -2.33. The Morgan fingerprint density at radius 1 is 1.28 bits per heavy atom. The number of aryl methyl sites for hydroxylation is 2. The van der Waals surface area contributed by atoms with Gasteiger partial charge in [0, 0.05) is 37.1 Å². The zero-order valence-corrected chi connectivity index (χ0v) is 14.3. The van der Waals surface area contributed by atoms with Crippen LogP contribution < -0.4 is 15.5 Å². The number of halogens is 1. The lowest BCUT2D eigenvalue weighted by molar-refractivity contribution is 0.246. The largest absolute Gasteiger partial charge is 0.356 e. The molecule has 0 unspecified atom stereocenters. The van der Waals surface area contributed by atoms with Crippen LogP contribution in [0.15, 0.2) is 24.5 Å². The summed E-state index contributed by atoms with van der Waals surface area (Å²) in [5.74, 6) is 1.13. The highest BCUT2D eigenvalue weighted by Crippen LogP contribution is 2.19. The van der Waals surface area contributed by atoms with Gasteiger partial charge in [0.2, 0.25) is 0 Å². The lowest BCUT2D eigenvalue weighted by atomic mass is 10.1. The van der Waals surface area contributed by atoms with E-state index in [1.54, 1.807) is 0 Å². The van der Waals surface area contributed by atoms with E-state index < -0.39 is 11.8 Å². The van der Waals surface area contributed by atoms with Crippen molar-refractivity contribution >= 4 is 17.5 Å². The zero-order valence-electron chi connectivity index (χ0n) is 14.3. The van der Waals surface area contributed by atoms with E-state index in [0.29, 0.717) is 0 Å². The van der Waals surface area contributed by atoms with Gasteiger partial charge in [-0.2, -0.15) is 0 Å². The SMILES string of the molecule is Cc1cc(N2CCC(NC(=O)Nc3ccncc3F)CC2)nc(C)n1. The number of nitrogens with one attached hydrogen (secondary N) is 2. The van der Waals surface area contributed by atoms with Crippen LogP contribution >= 0.6 is 0 Å². The molecule has 1 fully saturated rings. The van der Waals surface area contributed by atoms with Gasteiger partial charge in [-0.25, -0.2) is 19.2 Å². The van der Waals surface area contributed by atoms with Crippen molar-refractivity contribution in [3.8, 4) is 0 Å². The highest BCUT2D eigenvalue weighted by atomic mass is 19.1.